The first-order chi connectivity index (χ1) is 21.3. The van der Waals surface area contributed by atoms with Gasteiger partial charge in [0.25, 0.3) is 0 Å². The topological polar surface area (TPSA) is 52.5 Å². The maximum Gasteiger partial charge on any atom is 0.188 e. The quantitative estimate of drug-likeness (QED) is 0.125. The maximum atomic E-state index is 6.55. The molecule has 6 nitrogen and oxygen atoms in total. The van der Waals surface area contributed by atoms with Crippen LogP contribution in [-0.4, -0.2) is 52.1 Å². The van der Waals surface area contributed by atoms with Crippen molar-refractivity contribution in [1.29, 1.82) is 0 Å². The number of hydrazone groups is 1. The molecule has 0 saturated carbocycles. The van der Waals surface area contributed by atoms with E-state index >= 15 is 0 Å². The fourth-order valence-electron chi connectivity index (χ4n) is 5.82. The Kier molecular flexibility index (Phi) is 11.7. The molecule has 4 rings (SSSR count). The van der Waals surface area contributed by atoms with Gasteiger partial charge in [0.1, 0.15) is 11.5 Å². The van der Waals surface area contributed by atoms with E-state index in [1.54, 1.807) is 14.2 Å². The fourth-order valence-corrected chi connectivity index (χ4v) is 8.67. The molecule has 1 heterocycles. The van der Waals surface area contributed by atoms with Gasteiger partial charge in [0.05, 0.1) is 6.21 Å². The minimum Gasteiger partial charge on any atom is -0.467 e. The lowest BCUT2D eigenvalue weighted by Gasteiger charge is -2.32. The van der Waals surface area contributed by atoms with Crippen molar-refractivity contribution in [2.75, 3.05) is 40.9 Å². The predicted octanol–water partition coefficient (Wildman–Crippen LogP) is 7.44. The van der Waals surface area contributed by atoms with Crippen molar-refractivity contribution in [3.8, 4) is 11.5 Å². The number of nitrogens with zero attached hydrogens (tertiary/aromatic N) is 2. The molecule has 0 amide bonds. The van der Waals surface area contributed by atoms with E-state index in [-0.39, 0.29) is 24.4 Å². The van der Waals surface area contributed by atoms with Crippen LogP contribution in [-0.2, 0) is 20.3 Å². The first-order valence-electron chi connectivity index (χ1n) is 16.1. The highest BCUT2D eigenvalue weighted by Crippen LogP contribution is 2.46. The molecule has 1 saturated heterocycles. The second-order valence-electron chi connectivity index (χ2n) is 14.1. The van der Waals surface area contributed by atoms with Crippen molar-refractivity contribution >= 4 is 30.0 Å². The number of aryl methyl sites for hydroxylation is 2. The summed E-state index contributed by atoms with van der Waals surface area (Å²) >= 11 is 0. The average Bonchev–Trinajstić information content (AvgIpc) is 2.99. The highest BCUT2D eigenvalue weighted by molar-refractivity contribution is 7.80. The van der Waals surface area contributed by atoms with Gasteiger partial charge in [-0.15, -0.1) is 0 Å². The normalized spacial score (nSPS) is 14.4. The zero-order valence-electron chi connectivity index (χ0n) is 29.1. The van der Waals surface area contributed by atoms with Crippen LogP contribution in [0.3, 0.4) is 0 Å². The lowest BCUT2D eigenvalue weighted by molar-refractivity contribution is 0.0506. The Balaban J connectivity index is 2.10. The number of piperidine rings is 1. The summed E-state index contributed by atoms with van der Waals surface area (Å²) in [4.78, 5) is 0. The third-order valence-corrected chi connectivity index (χ3v) is 10.6. The predicted molar refractivity (Wildman–Crippen MR) is 190 cm³/mol. The molecule has 0 aliphatic carbocycles. The molecule has 45 heavy (non-hydrogen) atoms. The van der Waals surface area contributed by atoms with E-state index in [1.807, 2.05) is 0 Å². The molecule has 0 N–H and O–H groups in total. The second-order valence-corrected chi connectivity index (χ2v) is 16.2. The van der Waals surface area contributed by atoms with Crippen molar-refractivity contribution < 1.29 is 18.9 Å². The molecule has 0 unspecified atom stereocenters. The van der Waals surface area contributed by atoms with E-state index in [0.717, 1.165) is 51.9 Å². The number of rotatable bonds is 11. The molecule has 3 aromatic carbocycles. The summed E-state index contributed by atoms with van der Waals surface area (Å²) in [7, 11) is 2.15. The molecule has 1 aliphatic heterocycles. The van der Waals surface area contributed by atoms with E-state index in [0.29, 0.717) is 0 Å². The minimum absolute atomic E-state index is 0.154. The Morgan fingerprint density at radius 3 is 1.67 bits per heavy atom. The zero-order valence-corrected chi connectivity index (χ0v) is 30.0. The minimum atomic E-state index is -1.20. The molecule has 3 aromatic rings. The second kappa shape index (κ2) is 15.1. The van der Waals surface area contributed by atoms with Crippen molar-refractivity contribution in [2.45, 2.75) is 85.5 Å². The van der Waals surface area contributed by atoms with Crippen molar-refractivity contribution in [3.63, 3.8) is 0 Å². The number of ether oxygens (including phenoxy) is 4. The van der Waals surface area contributed by atoms with Crippen molar-refractivity contribution in [1.82, 2.24) is 5.01 Å². The Morgan fingerprint density at radius 2 is 1.20 bits per heavy atom. The first kappa shape index (κ1) is 34.9. The van der Waals surface area contributed by atoms with Crippen LogP contribution >= 0.6 is 7.92 Å². The molecule has 0 spiro atoms. The monoisotopic (exact) mass is 632 g/mol. The summed E-state index contributed by atoms with van der Waals surface area (Å²) in [5, 5.41) is 10.7. The number of benzene rings is 3. The average molecular weight is 633 g/mol. The highest BCUT2D eigenvalue weighted by Gasteiger charge is 2.33. The van der Waals surface area contributed by atoms with Crippen LogP contribution in [0.2, 0.25) is 0 Å². The van der Waals surface area contributed by atoms with Crippen molar-refractivity contribution in [2.24, 2.45) is 5.10 Å². The van der Waals surface area contributed by atoms with Crippen LogP contribution in [0.5, 0.6) is 11.5 Å². The van der Waals surface area contributed by atoms with Crippen LogP contribution in [0.15, 0.2) is 53.6 Å². The molecule has 0 atom stereocenters. The Morgan fingerprint density at radius 1 is 0.711 bits per heavy atom. The maximum absolute atomic E-state index is 6.55. The summed E-state index contributed by atoms with van der Waals surface area (Å²) in [6.07, 6.45) is 5.70. The van der Waals surface area contributed by atoms with Gasteiger partial charge in [-0.25, -0.2) is 0 Å². The third kappa shape index (κ3) is 8.67. The molecule has 0 radical (unpaired) electrons. The molecule has 0 bridgehead atoms. The molecule has 7 heteroatoms. The highest BCUT2D eigenvalue weighted by atomic mass is 31.1. The number of hydrogen-bond acceptors (Lipinski definition) is 6. The molecule has 1 fully saturated rings. The first-order valence-corrected chi connectivity index (χ1v) is 17.4. The number of hydrogen-bond donors (Lipinski definition) is 0. The Bertz CT molecular complexity index is 1390. The standard InChI is InChI=1S/C38H53N2O4P/c1-27-20-30(37(3,4)5)35(43-25-41-9)33(22-27)45(32-17-13-12-16-29(32)24-39-40-18-14-11-15-19-40)34-23-28(2)21-31(38(6,7)8)36(34)44-26-42-10/h12-13,16-17,20-24H,11,14-15,18-19,25-26H2,1-10H3. The summed E-state index contributed by atoms with van der Waals surface area (Å²) < 4.78 is 24.1. The van der Waals surface area contributed by atoms with E-state index in [9.17, 15) is 0 Å². The van der Waals surface area contributed by atoms with E-state index < -0.39 is 7.92 Å². The molecule has 1 aliphatic rings. The van der Waals surface area contributed by atoms with Gasteiger partial charge >= 0.3 is 0 Å². The van der Waals surface area contributed by atoms with E-state index in [4.69, 9.17) is 24.0 Å². The fraction of sp³-hybridized carbons (Fsp3) is 0.500. The van der Waals surface area contributed by atoms with Gasteiger partial charge in [0.15, 0.2) is 13.6 Å². The van der Waals surface area contributed by atoms with Gasteiger partial charge in [0.2, 0.25) is 0 Å². The van der Waals surface area contributed by atoms with Crippen molar-refractivity contribution in [3.05, 3.63) is 76.3 Å². The Hall–Kier alpha value is -2.92. The van der Waals surface area contributed by atoms with Gasteiger partial charge in [-0.2, -0.15) is 5.10 Å². The van der Waals surface area contributed by atoms with E-state index in [2.05, 4.69) is 115 Å². The molecule has 244 valence electrons. The van der Waals surface area contributed by atoms with Gasteiger partial charge in [0, 0.05) is 54.6 Å². The van der Waals surface area contributed by atoms with Gasteiger partial charge in [-0.1, -0.05) is 77.9 Å². The summed E-state index contributed by atoms with van der Waals surface area (Å²) in [6.45, 7) is 20.1. The van der Waals surface area contributed by atoms with Gasteiger partial charge in [-0.05, 0) is 80.4 Å². The summed E-state index contributed by atoms with van der Waals surface area (Å²) in [5.41, 5.74) is 5.48. The molecular weight excluding hydrogens is 579 g/mol. The van der Waals surface area contributed by atoms with Crippen LogP contribution in [0.1, 0.15) is 88.6 Å². The lowest BCUT2D eigenvalue weighted by atomic mass is 9.85. The number of methoxy groups -OCH3 is 2. The molecular formula is C38H53N2O4P. The largest absolute Gasteiger partial charge is 0.467 e. The van der Waals surface area contributed by atoms with Gasteiger partial charge in [-0.3, -0.25) is 5.01 Å². The Labute approximate surface area is 272 Å². The van der Waals surface area contributed by atoms with E-state index in [1.165, 1.54) is 35.7 Å². The van der Waals surface area contributed by atoms with Crippen LogP contribution in [0.4, 0.5) is 0 Å². The van der Waals surface area contributed by atoms with Crippen LogP contribution in [0.25, 0.3) is 0 Å². The van der Waals surface area contributed by atoms with Crippen LogP contribution in [0, 0.1) is 13.8 Å². The SMILES string of the molecule is COCOc1c(P(c2ccccc2C=NN2CCCCC2)c2cc(C)cc(C(C)(C)C)c2OCOC)cc(C)cc1C(C)(C)C. The zero-order chi connectivity index (χ0) is 32.8. The van der Waals surface area contributed by atoms with Crippen LogP contribution < -0.4 is 25.4 Å². The third-order valence-electron chi connectivity index (χ3n) is 8.04. The van der Waals surface area contributed by atoms with Gasteiger partial charge < -0.3 is 18.9 Å². The molecule has 0 aromatic heterocycles. The summed E-state index contributed by atoms with van der Waals surface area (Å²) in [6, 6.07) is 17.8. The smallest absolute Gasteiger partial charge is 0.188 e. The lowest BCUT2D eigenvalue weighted by Crippen LogP contribution is -2.30. The summed E-state index contributed by atoms with van der Waals surface area (Å²) in [5.74, 6) is 1.75.